The molecule has 1 aromatic rings. The minimum Gasteiger partial charge on any atom is -0.382 e. The number of rotatable bonds is 4. The number of anilines is 1. The molecule has 0 radical (unpaired) electrons. The molecule has 1 saturated heterocycles. The van der Waals surface area contributed by atoms with Crippen LogP contribution in [0.1, 0.15) is 50.7 Å². The summed E-state index contributed by atoms with van der Waals surface area (Å²) in [6.07, 6.45) is 7.98. The summed E-state index contributed by atoms with van der Waals surface area (Å²) >= 11 is 0. The van der Waals surface area contributed by atoms with Crippen LogP contribution >= 0.6 is 0 Å². The number of nitrogens with one attached hydrogen (secondary N) is 1. The first-order chi connectivity index (χ1) is 10.3. The number of likely N-dealkylation sites (tertiary alicyclic amines) is 1. The molecule has 1 aromatic carbocycles. The molecule has 0 saturated carbocycles. The number of hydrogen-bond donors (Lipinski definition) is 1. The summed E-state index contributed by atoms with van der Waals surface area (Å²) in [5.74, 6) is 0.790. The highest BCUT2D eigenvalue weighted by molar-refractivity contribution is 5.56. The Morgan fingerprint density at radius 3 is 2.95 bits per heavy atom. The van der Waals surface area contributed by atoms with Gasteiger partial charge in [-0.1, -0.05) is 19.1 Å². The number of benzene rings is 1. The number of hydrogen-bond acceptors (Lipinski definition) is 2. The molecular weight excluding hydrogens is 256 g/mol. The third-order valence-corrected chi connectivity index (χ3v) is 5.48. The lowest BCUT2D eigenvalue weighted by molar-refractivity contribution is 0.172. The van der Waals surface area contributed by atoms with E-state index in [0.29, 0.717) is 6.04 Å². The Morgan fingerprint density at radius 1 is 1.24 bits per heavy atom. The Hall–Kier alpha value is -1.02. The highest BCUT2D eigenvalue weighted by Gasteiger charge is 2.24. The normalized spacial score (nSPS) is 24.4. The zero-order chi connectivity index (χ0) is 14.7. The first-order valence-corrected chi connectivity index (χ1v) is 8.87. The van der Waals surface area contributed by atoms with Crippen molar-refractivity contribution in [3.05, 3.63) is 29.3 Å². The highest BCUT2D eigenvalue weighted by atomic mass is 15.1. The summed E-state index contributed by atoms with van der Waals surface area (Å²) < 4.78 is 0. The predicted molar refractivity (Wildman–Crippen MR) is 91.0 cm³/mol. The lowest BCUT2D eigenvalue weighted by atomic mass is 9.88. The average molecular weight is 286 g/mol. The second-order valence-corrected chi connectivity index (χ2v) is 6.88. The van der Waals surface area contributed by atoms with Gasteiger partial charge in [0, 0.05) is 18.3 Å². The Kier molecular flexibility index (Phi) is 4.84. The minimum absolute atomic E-state index is 0.577. The van der Waals surface area contributed by atoms with Gasteiger partial charge in [-0.15, -0.1) is 0 Å². The van der Waals surface area contributed by atoms with E-state index < -0.39 is 0 Å². The maximum atomic E-state index is 3.86. The number of fused-ring (bicyclic) bond motifs is 1. The molecule has 1 aliphatic carbocycles. The predicted octanol–water partition coefficient (Wildman–Crippen LogP) is 4.10. The van der Waals surface area contributed by atoms with Gasteiger partial charge < -0.3 is 10.2 Å². The van der Waals surface area contributed by atoms with Gasteiger partial charge in [0.2, 0.25) is 0 Å². The average Bonchev–Trinajstić information content (AvgIpc) is 2.55. The van der Waals surface area contributed by atoms with Crippen LogP contribution in [0.5, 0.6) is 0 Å². The zero-order valence-corrected chi connectivity index (χ0v) is 13.7. The molecule has 2 unspecified atom stereocenters. The highest BCUT2D eigenvalue weighted by Crippen LogP contribution is 2.30. The molecule has 2 atom stereocenters. The molecule has 1 heterocycles. The first kappa shape index (κ1) is 14.9. The summed E-state index contributed by atoms with van der Waals surface area (Å²) in [5, 5.41) is 3.86. The van der Waals surface area contributed by atoms with E-state index in [9.17, 15) is 0 Å². The molecule has 0 aromatic heterocycles. The molecule has 21 heavy (non-hydrogen) atoms. The van der Waals surface area contributed by atoms with Crippen LogP contribution in [0.3, 0.4) is 0 Å². The van der Waals surface area contributed by atoms with Gasteiger partial charge in [-0.2, -0.15) is 0 Å². The first-order valence-electron chi connectivity index (χ1n) is 8.87. The van der Waals surface area contributed by atoms with Crippen LogP contribution in [-0.2, 0) is 12.8 Å². The SMILES string of the molecule is CCN1CCCC(C(C)Nc2cccc3c2CCCC3)C1. The summed E-state index contributed by atoms with van der Waals surface area (Å²) in [6, 6.07) is 7.43. The van der Waals surface area contributed by atoms with Crippen LogP contribution < -0.4 is 5.32 Å². The second kappa shape index (κ2) is 6.83. The van der Waals surface area contributed by atoms with Gasteiger partial charge in [0.1, 0.15) is 0 Å². The Bertz CT molecular complexity index is 469. The van der Waals surface area contributed by atoms with Crippen LogP contribution in [-0.4, -0.2) is 30.6 Å². The minimum atomic E-state index is 0.577. The van der Waals surface area contributed by atoms with Gasteiger partial charge in [-0.05, 0) is 81.6 Å². The molecule has 0 bridgehead atoms. The van der Waals surface area contributed by atoms with Crippen molar-refractivity contribution < 1.29 is 0 Å². The fraction of sp³-hybridized carbons (Fsp3) is 0.684. The maximum Gasteiger partial charge on any atom is 0.0377 e. The molecule has 116 valence electrons. The molecule has 1 aliphatic heterocycles. The summed E-state index contributed by atoms with van der Waals surface area (Å²) in [5.41, 5.74) is 4.59. The van der Waals surface area contributed by atoms with Crippen LogP contribution in [0, 0.1) is 5.92 Å². The third kappa shape index (κ3) is 3.42. The van der Waals surface area contributed by atoms with Gasteiger partial charge in [0.25, 0.3) is 0 Å². The maximum absolute atomic E-state index is 3.86. The standard InChI is InChI=1S/C19H30N2/c1-3-21-13-7-10-17(14-21)15(2)20-19-12-6-9-16-8-4-5-11-18(16)19/h6,9,12,15,17,20H,3-5,7-8,10-11,13-14H2,1-2H3. The van der Waals surface area contributed by atoms with Crippen molar-refractivity contribution in [2.24, 2.45) is 5.92 Å². The van der Waals surface area contributed by atoms with Crippen molar-refractivity contribution in [2.45, 2.75) is 58.4 Å². The quantitative estimate of drug-likeness (QED) is 0.896. The molecule has 2 aliphatic rings. The summed E-state index contributed by atoms with van der Waals surface area (Å²) in [7, 11) is 0. The van der Waals surface area contributed by atoms with Crippen molar-refractivity contribution in [1.29, 1.82) is 0 Å². The van der Waals surface area contributed by atoms with E-state index in [-0.39, 0.29) is 0 Å². The van der Waals surface area contributed by atoms with Gasteiger partial charge >= 0.3 is 0 Å². The van der Waals surface area contributed by atoms with Crippen LogP contribution in [0.2, 0.25) is 0 Å². The number of aryl methyl sites for hydroxylation is 1. The van der Waals surface area contributed by atoms with E-state index in [1.807, 2.05) is 0 Å². The van der Waals surface area contributed by atoms with Crippen LogP contribution in [0.25, 0.3) is 0 Å². The monoisotopic (exact) mass is 286 g/mol. The molecular formula is C19H30N2. The lowest BCUT2D eigenvalue weighted by Crippen LogP contribution is -2.41. The van der Waals surface area contributed by atoms with E-state index in [2.05, 4.69) is 42.3 Å². The van der Waals surface area contributed by atoms with Gasteiger partial charge in [-0.3, -0.25) is 0 Å². The Balaban J connectivity index is 1.68. The summed E-state index contributed by atoms with van der Waals surface area (Å²) in [4.78, 5) is 2.60. The molecule has 0 spiro atoms. The van der Waals surface area contributed by atoms with Gasteiger partial charge in [-0.25, -0.2) is 0 Å². The van der Waals surface area contributed by atoms with E-state index >= 15 is 0 Å². The molecule has 0 amide bonds. The molecule has 1 N–H and O–H groups in total. The van der Waals surface area contributed by atoms with Crippen molar-refractivity contribution in [1.82, 2.24) is 4.90 Å². The van der Waals surface area contributed by atoms with Crippen molar-refractivity contribution in [3.63, 3.8) is 0 Å². The largest absolute Gasteiger partial charge is 0.382 e. The fourth-order valence-electron chi connectivity index (χ4n) is 4.07. The second-order valence-electron chi connectivity index (χ2n) is 6.88. The third-order valence-electron chi connectivity index (χ3n) is 5.48. The van der Waals surface area contributed by atoms with Crippen molar-refractivity contribution in [2.75, 3.05) is 25.0 Å². The number of piperidine rings is 1. The van der Waals surface area contributed by atoms with Gasteiger partial charge in [0.05, 0.1) is 0 Å². The fourth-order valence-corrected chi connectivity index (χ4v) is 4.07. The van der Waals surface area contributed by atoms with Crippen molar-refractivity contribution >= 4 is 5.69 Å². The molecule has 1 fully saturated rings. The Morgan fingerprint density at radius 2 is 2.10 bits per heavy atom. The van der Waals surface area contributed by atoms with E-state index in [1.54, 1.807) is 11.1 Å². The Labute approximate surface area is 129 Å². The lowest BCUT2D eigenvalue weighted by Gasteiger charge is -2.36. The molecule has 2 nitrogen and oxygen atoms in total. The zero-order valence-electron chi connectivity index (χ0n) is 13.7. The van der Waals surface area contributed by atoms with E-state index in [4.69, 9.17) is 0 Å². The number of nitrogens with zero attached hydrogens (tertiary/aromatic N) is 1. The topological polar surface area (TPSA) is 15.3 Å². The van der Waals surface area contributed by atoms with Gasteiger partial charge in [0.15, 0.2) is 0 Å². The molecule has 2 heteroatoms. The smallest absolute Gasteiger partial charge is 0.0377 e. The van der Waals surface area contributed by atoms with Crippen LogP contribution in [0.15, 0.2) is 18.2 Å². The van der Waals surface area contributed by atoms with E-state index in [1.165, 1.54) is 63.8 Å². The van der Waals surface area contributed by atoms with Crippen molar-refractivity contribution in [3.8, 4) is 0 Å². The van der Waals surface area contributed by atoms with E-state index in [0.717, 1.165) is 5.92 Å². The summed E-state index contributed by atoms with van der Waals surface area (Å²) in [6.45, 7) is 8.42. The molecule has 3 rings (SSSR count). The van der Waals surface area contributed by atoms with Crippen LogP contribution in [0.4, 0.5) is 5.69 Å².